The van der Waals surface area contributed by atoms with Crippen molar-refractivity contribution >= 4 is 17.3 Å². The zero-order valence-corrected chi connectivity index (χ0v) is 13.5. The molecule has 0 spiro atoms. The van der Waals surface area contributed by atoms with Gasteiger partial charge in [-0.25, -0.2) is 4.79 Å². The largest absolute Gasteiger partial charge is 0.456 e. The summed E-state index contributed by atoms with van der Waals surface area (Å²) >= 11 is 0. The van der Waals surface area contributed by atoms with Crippen molar-refractivity contribution in [2.75, 3.05) is 13.1 Å². The Bertz CT molecular complexity index is 667. The molecule has 0 unspecified atom stereocenters. The fraction of sp³-hybridized carbons (Fsp3) is 0.533. The van der Waals surface area contributed by atoms with Crippen LogP contribution >= 0.6 is 0 Å². The molecule has 1 heterocycles. The van der Waals surface area contributed by atoms with Gasteiger partial charge in [-0.3, -0.25) is 20.2 Å². The van der Waals surface area contributed by atoms with Crippen LogP contribution < -0.4 is 5.32 Å². The van der Waals surface area contributed by atoms with Gasteiger partial charge in [0.15, 0.2) is 0 Å². The summed E-state index contributed by atoms with van der Waals surface area (Å²) in [6.45, 7) is 5.30. The average Bonchev–Trinajstić information content (AvgIpc) is 2.54. The standard InChI is InChI=1S/C15H19N3O6/c1-15(2,11-5-7-16-8-6-11)24-14(19)10-3-4-12(17(20)21)13(9-10)18(22)23/h3-4,9,11,16H,5-8H2,1-2H3. The second-order valence-corrected chi connectivity index (χ2v) is 6.23. The monoisotopic (exact) mass is 337 g/mol. The molecule has 2 rings (SSSR count). The van der Waals surface area contributed by atoms with E-state index in [4.69, 9.17) is 4.74 Å². The van der Waals surface area contributed by atoms with Gasteiger partial charge in [0.25, 0.3) is 0 Å². The molecular formula is C15H19N3O6. The Kier molecular flexibility index (Phi) is 5.13. The van der Waals surface area contributed by atoms with Crippen molar-refractivity contribution < 1.29 is 19.4 Å². The maximum atomic E-state index is 12.3. The molecule has 1 aromatic carbocycles. The number of piperidine rings is 1. The first-order valence-electron chi connectivity index (χ1n) is 7.59. The zero-order valence-electron chi connectivity index (χ0n) is 13.5. The molecule has 0 amide bonds. The summed E-state index contributed by atoms with van der Waals surface area (Å²) in [6.07, 6.45) is 1.72. The number of nitrogens with one attached hydrogen (secondary N) is 1. The molecule has 24 heavy (non-hydrogen) atoms. The van der Waals surface area contributed by atoms with Gasteiger partial charge in [0.1, 0.15) is 5.60 Å². The van der Waals surface area contributed by atoms with Crippen LogP contribution in [0.2, 0.25) is 0 Å². The molecule has 0 bridgehead atoms. The third-order valence-electron chi connectivity index (χ3n) is 4.28. The number of nitro groups is 2. The second kappa shape index (κ2) is 6.91. The minimum atomic E-state index is -0.882. The smallest absolute Gasteiger partial charge is 0.346 e. The lowest BCUT2D eigenvalue weighted by atomic mass is 9.83. The summed E-state index contributed by atoms with van der Waals surface area (Å²) in [4.78, 5) is 32.4. The highest BCUT2D eigenvalue weighted by molar-refractivity contribution is 5.91. The summed E-state index contributed by atoms with van der Waals surface area (Å²) in [5, 5.41) is 25.0. The summed E-state index contributed by atoms with van der Waals surface area (Å²) in [6, 6.07) is 3.01. The normalized spacial score (nSPS) is 15.8. The molecule has 130 valence electrons. The number of nitrogens with zero attached hydrogens (tertiary/aromatic N) is 2. The van der Waals surface area contributed by atoms with E-state index in [1.807, 2.05) is 0 Å². The molecule has 9 heteroatoms. The van der Waals surface area contributed by atoms with E-state index in [-0.39, 0.29) is 11.5 Å². The van der Waals surface area contributed by atoms with Gasteiger partial charge >= 0.3 is 17.3 Å². The zero-order chi connectivity index (χ0) is 17.9. The topological polar surface area (TPSA) is 125 Å². The van der Waals surface area contributed by atoms with Gasteiger partial charge in [-0.05, 0) is 45.8 Å². The number of carbonyl (C=O) groups is 1. The Labute approximate surface area is 138 Å². The average molecular weight is 337 g/mol. The van der Waals surface area contributed by atoms with Gasteiger partial charge in [-0.15, -0.1) is 0 Å². The van der Waals surface area contributed by atoms with Crippen LogP contribution in [0.1, 0.15) is 37.0 Å². The molecular weight excluding hydrogens is 318 g/mol. The molecule has 1 aromatic rings. The summed E-state index contributed by atoms with van der Waals surface area (Å²) < 4.78 is 5.54. The van der Waals surface area contributed by atoms with E-state index < -0.39 is 32.8 Å². The Morgan fingerprint density at radius 2 is 1.75 bits per heavy atom. The van der Waals surface area contributed by atoms with Crippen LogP contribution in [0.5, 0.6) is 0 Å². The summed E-state index contributed by atoms with van der Waals surface area (Å²) in [7, 11) is 0. The molecule has 1 aliphatic heterocycles. The van der Waals surface area contributed by atoms with Crippen molar-refractivity contribution in [1.29, 1.82) is 0 Å². The number of hydrogen-bond acceptors (Lipinski definition) is 7. The quantitative estimate of drug-likeness (QED) is 0.497. The van der Waals surface area contributed by atoms with E-state index in [0.29, 0.717) is 0 Å². The SMILES string of the molecule is CC(C)(OC(=O)c1ccc([N+](=O)[O-])c([N+](=O)[O-])c1)C1CCNCC1. The molecule has 0 atom stereocenters. The van der Waals surface area contributed by atoms with Crippen LogP contribution in [0.25, 0.3) is 0 Å². The number of ether oxygens (including phenoxy) is 1. The molecule has 0 aliphatic carbocycles. The van der Waals surface area contributed by atoms with E-state index in [9.17, 15) is 25.0 Å². The number of benzene rings is 1. The predicted octanol–water partition coefficient (Wildman–Crippen LogP) is 2.44. The molecule has 1 N–H and O–H groups in total. The Morgan fingerprint density at radius 3 is 2.29 bits per heavy atom. The van der Waals surface area contributed by atoms with Gasteiger partial charge in [-0.1, -0.05) is 0 Å². The highest BCUT2D eigenvalue weighted by Crippen LogP contribution is 2.32. The minimum absolute atomic E-state index is 0.0747. The molecule has 0 aromatic heterocycles. The van der Waals surface area contributed by atoms with Crippen molar-refractivity contribution in [1.82, 2.24) is 5.32 Å². The molecule has 0 radical (unpaired) electrons. The number of rotatable bonds is 5. The fourth-order valence-corrected chi connectivity index (χ4v) is 2.85. The minimum Gasteiger partial charge on any atom is -0.456 e. The number of esters is 1. The third kappa shape index (κ3) is 3.85. The van der Waals surface area contributed by atoms with Crippen LogP contribution in [0.3, 0.4) is 0 Å². The van der Waals surface area contributed by atoms with Crippen molar-refractivity contribution in [2.24, 2.45) is 5.92 Å². The molecule has 1 aliphatic rings. The van der Waals surface area contributed by atoms with E-state index in [1.165, 1.54) is 6.07 Å². The van der Waals surface area contributed by atoms with Crippen molar-refractivity contribution in [3.8, 4) is 0 Å². The van der Waals surface area contributed by atoms with Gasteiger partial charge in [-0.2, -0.15) is 0 Å². The lowest BCUT2D eigenvalue weighted by Crippen LogP contribution is -2.42. The summed E-state index contributed by atoms with van der Waals surface area (Å²) in [5.41, 5.74) is -2.19. The van der Waals surface area contributed by atoms with Crippen molar-refractivity contribution in [3.05, 3.63) is 44.0 Å². The number of nitro benzene ring substituents is 2. The lowest BCUT2D eigenvalue weighted by Gasteiger charge is -2.36. The molecule has 1 saturated heterocycles. The van der Waals surface area contributed by atoms with Crippen molar-refractivity contribution in [3.63, 3.8) is 0 Å². The summed E-state index contributed by atoms with van der Waals surface area (Å²) in [5.74, 6) is -0.549. The predicted molar refractivity (Wildman–Crippen MR) is 84.8 cm³/mol. The first kappa shape index (κ1) is 17.8. The molecule has 9 nitrogen and oxygen atoms in total. The maximum Gasteiger partial charge on any atom is 0.346 e. The van der Waals surface area contributed by atoms with Gasteiger partial charge in [0.05, 0.1) is 15.4 Å². The number of carbonyl (C=O) groups excluding carboxylic acids is 1. The van der Waals surface area contributed by atoms with Crippen LogP contribution in [0.4, 0.5) is 11.4 Å². The first-order chi connectivity index (χ1) is 11.2. The Balaban J connectivity index is 2.21. The third-order valence-corrected chi connectivity index (χ3v) is 4.28. The molecule has 0 saturated carbocycles. The highest BCUT2D eigenvalue weighted by atomic mass is 16.6. The molecule has 1 fully saturated rings. The van der Waals surface area contributed by atoms with Crippen molar-refractivity contribution in [2.45, 2.75) is 32.3 Å². The van der Waals surface area contributed by atoms with E-state index >= 15 is 0 Å². The van der Waals surface area contributed by atoms with E-state index in [1.54, 1.807) is 13.8 Å². The van der Waals surface area contributed by atoms with Crippen LogP contribution in [0.15, 0.2) is 18.2 Å². The van der Waals surface area contributed by atoms with Gasteiger partial charge in [0, 0.05) is 18.1 Å². The van der Waals surface area contributed by atoms with E-state index in [2.05, 4.69) is 5.32 Å². The second-order valence-electron chi connectivity index (χ2n) is 6.23. The maximum absolute atomic E-state index is 12.3. The van der Waals surface area contributed by atoms with Crippen LogP contribution in [-0.2, 0) is 4.74 Å². The van der Waals surface area contributed by atoms with Gasteiger partial charge in [0.2, 0.25) is 0 Å². The number of hydrogen-bond donors (Lipinski definition) is 1. The highest BCUT2D eigenvalue weighted by Gasteiger charge is 2.35. The van der Waals surface area contributed by atoms with Crippen LogP contribution in [0, 0.1) is 26.1 Å². The van der Waals surface area contributed by atoms with Gasteiger partial charge < -0.3 is 10.1 Å². The van der Waals surface area contributed by atoms with E-state index in [0.717, 1.165) is 38.1 Å². The Morgan fingerprint density at radius 1 is 1.17 bits per heavy atom. The van der Waals surface area contributed by atoms with Crippen LogP contribution in [-0.4, -0.2) is 34.5 Å². The lowest BCUT2D eigenvalue weighted by molar-refractivity contribution is -0.422. The Hall–Kier alpha value is -2.55. The first-order valence-corrected chi connectivity index (χ1v) is 7.59. The fourth-order valence-electron chi connectivity index (χ4n) is 2.85.